The van der Waals surface area contributed by atoms with Crippen molar-refractivity contribution < 1.29 is 13.9 Å². The Kier molecular flexibility index (Phi) is 5.14. The summed E-state index contributed by atoms with van der Waals surface area (Å²) in [6.07, 6.45) is 0.553. The van der Waals surface area contributed by atoms with Crippen LogP contribution in [0, 0.1) is 5.82 Å². The molecule has 3 N–H and O–H groups in total. The van der Waals surface area contributed by atoms with Crippen LogP contribution in [0.15, 0.2) is 42.5 Å². The molecule has 0 radical (unpaired) electrons. The zero-order valence-electron chi connectivity index (χ0n) is 12.1. The molecule has 0 heterocycles. The van der Waals surface area contributed by atoms with Crippen molar-refractivity contribution in [1.29, 1.82) is 0 Å². The van der Waals surface area contributed by atoms with Crippen LogP contribution >= 0.6 is 0 Å². The van der Waals surface area contributed by atoms with Gasteiger partial charge in [0.15, 0.2) is 0 Å². The number of ether oxygens (including phenoxy) is 2. The second-order valence-corrected chi connectivity index (χ2v) is 4.66. The molecule has 1 unspecified atom stereocenters. The van der Waals surface area contributed by atoms with Crippen LogP contribution < -0.4 is 20.7 Å². The first-order valence-electron chi connectivity index (χ1n) is 6.60. The number of hydrogen-bond donors (Lipinski definition) is 2. The van der Waals surface area contributed by atoms with E-state index < -0.39 is 0 Å². The quantitative estimate of drug-likeness (QED) is 0.634. The third kappa shape index (κ3) is 3.71. The van der Waals surface area contributed by atoms with Gasteiger partial charge in [-0.1, -0.05) is 18.2 Å². The van der Waals surface area contributed by atoms with Crippen LogP contribution in [0.5, 0.6) is 11.5 Å². The van der Waals surface area contributed by atoms with E-state index in [4.69, 9.17) is 15.3 Å². The lowest BCUT2D eigenvalue weighted by molar-refractivity contribution is 0.408. The molecule has 0 saturated heterocycles. The SMILES string of the molecule is COc1cccc(CC(NN)c2ccc(OC)cc2F)c1. The van der Waals surface area contributed by atoms with Crippen LogP contribution in [0.1, 0.15) is 17.2 Å². The summed E-state index contributed by atoms with van der Waals surface area (Å²) in [6.45, 7) is 0. The van der Waals surface area contributed by atoms with Crippen molar-refractivity contribution in [2.24, 2.45) is 5.84 Å². The summed E-state index contributed by atoms with van der Waals surface area (Å²) in [5.41, 5.74) is 4.17. The molecule has 2 aromatic carbocycles. The van der Waals surface area contributed by atoms with Crippen molar-refractivity contribution in [1.82, 2.24) is 5.43 Å². The molecule has 21 heavy (non-hydrogen) atoms. The van der Waals surface area contributed by atoms with Gasteiger partial charge in [-0.25, -0.2) is 4.39 Å². The van der Waals surface area contributed by atoms with Crippen LogP contribution in [0.4, 0.5) is 4.39 Å². The molecule has 2 aromatic rings. The molecule has 0 amide bonds. The predicted molar refractivity (Wildman–Crippen MR) is 79.7 cm³/mol. The monoisotopic (exact) mass is 290 g/mol. The average molecular weight is 290 g/mol. The zero-order chi connectivity index (χ0) is 15.2. The molecular formula is C16H19FN2O2. The average Bonchev–Trinajstić information content (AvgIpc) is 2.53. The van der Waals surface area contributed by atoms with Gasteiger partial charge in [-0.2, -0.15) is 0 Å². The minimum Gasteiger partial charge on any atom is -0.497 e. The Bertz CT molecular complexity index is 605. The topological polar surface area (TPSA) is 56.5 Å². The van der Waals surface area contributed by atoms with Gasteiger partial charge in [0, 0.05) is 11.6 Å². The molecule has 2 rings (SSSR count). The summed E-state index contributed by atoms with van der Waals surface area (Å²) < 4.78 is 24.3. The molecule has 112 valence electrons. The number of rotatable bonds is 6. The van der Waals surface area contributed by atoms with Crippen LogP contribution in [0.25, 0.3) is 0 Å². The third-order valence-corrected chi connectivity index (χ3v) is 3.36. The fourth-order valence-electron chi connectivity index (χ4n) is 2.21. The van der Waals surface area contributed by atoms with Gasteiger partial charge in [0.25, 0.3) is 0 Å². The van der Waals surface area contributed by atoms with Crippen LogP contribution in [-0.2, 0) is 6.42 Å². The van der Waals surface area contributed by atoms with E-state index in [2.05, 4.69) is 5.43 Å². The first-order chi connectivity index (χ1) is 10.2. The lowest BCUT2D eigenvalue weighted by Crippen LogP contribution is -2.30. The van der Waals surface area contributed by atoms with E-state index in [0.717, 1.165) is 11.3 Å². The molecule has 0 aromatic heterocycles. The molecule has 0 bridgehead atoms. The summed E-state index contributed by atoms with van der Waals surface area (Å²) in [5, 5.41) is 0. The minimum atomic E-state index is -0.347. The highest BCUT2D eigenvalue weighted by atomic mass is 19.1. The number of nitrogens with one attached hydrogen (secondary N) is 1. The lowest BCUT2D eigenvalue weighted by Gasteiger charge is -2.18. The Labute approximate surface area is 123 Å². The number of hydrazine groups is 1. The van der Waals surface area contributed by atoms with E-state index in [1.54, 1.807) is 19.2 Å². The fraction of sp³-hybridized carbons (Fsp3) is 0.250. The van der Waals surface area contributed by atoms with Gasteiger partial charge < -0.3 is 9.47 Å². The molecular weight excluding hydrogens is 271 g/mol. The van der Waals surface area contributed by atoms with Gasteiger partial charge in [0.05, 0.1) is 20.3 Å². The molecule has 4 nitrogen and oxygen atoms in total. The Hall–Kier alpha value is -2.11. The second-order valence-electron chi connectivity index (χ2n) is 4.66. The van der Waals surface area contributed by atoms with E-state index in [9.17, 15) is 4.39 Å². The Morgan fingerprint density at radius 2 is 1.81 bits per heavy atom. The van der Waals surface area contributed by atoms with Crippen molar-refractivity contribution in [3.05, 3.63) is 59.4 Å². The highest BCUT2D eigenvalue weighted by molar-refractivity contribution is 5.34. The number of methoxy groups -OCH3 is 2. The molecule has 0 aliphatic rings. The normalized spacial score (nSPS) is 12.0. The Morgan fingerprint density at radius 3 is 2.43 bits per heavy atom. The number of benzene rings is 2. The van der Waals surface area contributed by atoms with Crippen molar-refractivity contribution in [2.75, 3.05) is 14.2 Å². The first-order valence-corrected chi connectivity index (χ1v) is 6.60. The smallest absolute Gasteiger partial charge is 0.131 e. The highest BCUT2D eigenvalue weighted by Crippen LogP contribution is 2.25. The maximum atomic E-state index is 14.1. The predicted octanol–water partition coefficient (Wildman–Crippen LogP) is 2.59. The van der Waals surface area contributed by atoms with Crippen LogP contribution in [0.2, 0.25) is 0 Å². The van der Waals surface area contributed by atoms with Crippen LogP contribution in [-0.4, -0.2) is 14.2 Å². The van der Waals surface area contributed by atoms with E-state index in [1.807, 2.05) is 24.3 Å². The third-order valence-electron chi connectivity index (χ3n) is 3.36. The largest absolute Gasteiger partial charge is 0.497 e. The van der Waals surface area contributed by atoms with Gasteiger partial charge in [-0.05, 0) is 30.2 Å². The van der Waals surface area contributed by atoms with E-state index in [1.165, 1.54) is 13.2 Å². The number of hydrogen-bond acceptors (Lipinski definition) is 4. The second kappa shape index (κ2) is 7.06. The summed E-state index contributed by atoms with van der Waals surface area (Å²) in [5.74, 6) is 6.48. The lowest BCUT2D eigenvalue weighted by atomic mass is 9.98. The first kappa shape index (κ1) is 15.3. The van der Waals surface area contributed by atoms with Crippen molar-refractivity contribution in [2.45, 2.75) is 12.5 Å². The van der Waals surface area contributed by atoms with Gasteiger partial charge in [0.2, 0.25) is 0 Å². The van der Waals surface area contributed by atoms with Gasteiger partial charge in [-0.3, -0.25) is 11.3 Å². The van der Waals surface area contributed by atoms with E-state index in [0.29, 0.717) is 17.7 Å². The van der Waals surface area contributed by atoms with Gasteiger partial charge in [-0.15, -0.1) is 0 Å². The maximum absolute atomic E-state index is 14.1. The van der Waals surface area contributed by atoms with Crippen molar-refractivity contribution in [3.63, 3.8) is 0 Å². The molecule has 0 aliphatic carbocycles. The molecule has 0 saturated carbocycles. The molecule has 0 aliphatic heterocycles. The summed E-state index contributed by atoms with van der Waals surface area (Å²) in [7, 11) is 3.12. The summed E-state index contributed by atoms with van der Waals surface area (Å²) in [4.78, 5) is 0. The number of halogens is 1. The fourth-order valence-corrected chi connectivity index (χ4v) is 2.21. The summed E-state index contributed by atoms with van der Waals surface area (Å²) >= 11 is 0. The molecule has 0 fully saturated rings. The Balaban J connectivity index is 2.23. The molecule has 0 spiro atoms. The molecule has 5 heteroatoms. The van der Waals surface area contributed by atoms with E-state index >= 15 is 0 Å². The van der Waals surface area contributed by atoms with Crippen molar-refractivity contribution in [3.8, 4) is 11.5 Å². The van der Waals surface area contributed by atoms with Crippen molar-refractivity contribution >= 4 is 0 Å². The van der Waals surface area contributed by atoms with E-state index in [-0.39, 0.29) is 11.9 Å². The standard InChI is InChI=1S/C16H19FN2O2/c1-20-12-5-3-4-11(8-12)9-16(19-18)14-7-6-13(21-2)10-15(14)17/h3-8,10,16,19H,9,18H2,1-2H3. The summed E-state index contributed by atoms with van der Waals surface area (Å²) in [6, 6.07) is 12.0. The van der Waals surface area contributed by atoms with Gasteiger partial charge in [0.1, 0.15) is 17.3 Å². The minimum absolute atomic E-state index is 0.331. The van der Waals surface area contributed by atoms with Crippen LogP contribution in [0.3, 0.4) is 0 Å². The zero-order valence-corrected chi connectivity index (χ0v) is 12.1. The Morgan fingerprint density at radius 1 is 1.10 bits per heavy atom. The van der Waals surface area contributed by atoms with Gasteiger partial charge >= 0.3 is 0 Å². The maximum Gasteiger partial charge on any atom is 0.131 e. The number of nitrogens with two attached hydrogens (primary N) is 1. The highest BCUT2D eigenvalue weighted by Gasteiger charge is 2.16. The molecule has 1 atom stereocenters.